The number of amides is 2. The number of rotatable bonds is 4. The minimum atomic E-state index is -3.61. The smallest absolute Gasteiger partial charge is 0.276 e. The number of nitrogens with one attached hydrogen (secondary N) is 1. The molecule has 0 spiro atoms. The number of benzene rings is 1. The van der Waals surface area contributed by atoms with Gasteiger partial charge >= 0.3 is 0 Å². The Bertz CT molecular complexity index is 1200. The summed E-state index contributed by atoms with van der Waals surface area (Å²) >= 11 is 0. The van der Waals surface area contributed by atoms with Crippen molar-refractivity contribution in [2.45, 2.75) is 18.0 Å². The normalized spacial score (nSPS) is 14.6. The summed E-state index contributed by atoms with van der Waals surface area (Å²) < 4.78 is 25.4. The van der Waals surface area contributed by atoms with Crippen molar-refractivity contribution in [3.63, 3.8) is 0 Å². The zero-order valence-corrected chi connectivity index (χ0v) is 15.9. The Morgan fingerprint density at radius 3 is 2.71 bits per heavy atom. The maximum atomic E-state index is 12.8. The van der Waals surface area contributed by atoms with Crippen molar-refractivity contribution in [2.24, 2.45) is 0 Å². The van der Waals surface area contributed by atoms with Crippen molar-refractivity contribution in [3.8, 4) is 0 Å². The number of hydrogen-bond acceptors (Lipinski definition) is 5. The van der Waals surface area contributed by atoms with Crippen molar-refractivity contribution in [1.82, 2.24) is 9.38 Å². The fourth-order valence-corrected chi connectivity index (χ4v) is 4.07. The predicted octanol–water partition coefficient (Wildman–Crippen LogP) is 2.12. The Morgan fingerprint density at radius 2 is 2.00 bits per heavy atom. The van der Waals surface area contributed by atoms with Crippen LogP contribution in [0.5, 0.6) is 0 Å². The molecule has 0 aliphatic carbocycles. The lowest BCUT2D eigenvalue weighted by Gasteiger charge is -2.16. The third-order valence-electron chi connectivity index (χ3n) is 4.55. The van der Waals surface area contributed by atoms with Gasteiger partial charge in [0.1, 0.15) is 0 Å². The fourth-order valence-electron chi connectivity index (χ4n) is 3.30. The molecule has 144 valence electrons. The van der Waals surface area contributed by atoms with Crippen LogP contribution in [0.25, 0.3) is 5.52 Å². The van der Waals surface area contributed by atoms with Gasteiger partial charge in [-0.15, -0.1) is 0 Å². The second-order valence-electron chi connectivity index (χ2n) is 6.62. The summed E-state index contributed by atoms with van der Waals surface area (Å²) in [5.74, 6) is -0.468. The van der Waals surface area contributed by atoms with Crippen LogP contribution >= 0.6 is 0 Å². The van der Waals surface area contributed by atoms with Gasteiger partial charge in [0.05, 0.1) is 5.52 Å². The molecule has 0 saturated carbocycles. The lowest BCUT2D eigenvalue weighted by atomic mass is 10.2. The number of imidazole rings is 1. The molecule has 2 aromatic heterocycles. The summed E-state index contributed by atoms with van der Waals surface area (Å²) in [5.41, 5.74) is 1.63. The maximum Gasteiger partial charge on any atom is 0.276 e. The van der Waals surface area contributed by atoms with Gasteiger partial charge in [0.25, 0.3) is 5.91 Å². The highest BCUT2D eigenvalue weighted by atomic mass is 32.2. The number of anilines is 2. The van der Waals surface area contributed by atoms with E-state index in [9.17, 15) is 18.0 Å². The van der Waals surface area contributed by atoms with Gasteiger partial charge in [0, 0.05) is 36.8 Å². The minimum absolute atomic E-state index is 0.0173. The molecule has 1 N–H and O–H groups in total. The molecule has 1 aromatic carbocycles. The molecule has 2 amide bonds. The first kappa shape index (κ1) is 18.2. The molecular weight excluding hydrogens is 380 g/mol. The summed E-state index contributed by atoms with van der Waals surface area (Å²) in [6.07, 6.45) is 3.93. The number of pyridine rings is 1. The minimum Gasteiger partial charge on any atom is -0.321 e. The zero-order valence-electron chi connectivity index (χ0n) is 15.1. The van der Waals surface area contributed by atoms with Crippen LogP contribution in [0.4, 0.5) is 11.4 Å². The molecule has 3 aromatic rings. The molecule has 9 heteroatoms. The van der Waals surface area contributed by atoms with E-state index < -0.39 is 15.7 Å². The largest absolute Gasteiger partial charge is 0.321 e. The Kier molecular flexibility index (Phi) is 4.38. The first-order chi connectivity index (χ1) is 13.3. The summed E-state index contributed by atoms with van der Waals surface area (Å²) in [6.45, 7) is 0.652. The molecule has 1 fully saturated rings. The third-order valence-corrected chi connectivity index (χ3v) is 5.50. The molecule has 1 aliphatic heterocycles. The van der Waals surface area contributed by atoms with E-state index in [2.05, 4.69) is 10.3 Å². The molecule has 1 aliphatic rings. The second-order valence-corrected chi connectivity index (χ2v) is 8.53. The quantitative estimate of drug-likeness (QED) is 0.725. The first-order valence-corrected chi connectivity index (χ1v) is 10.6. The summed E-state index contributed by atoms with van der Waals surface area (Å²) in [7, 11) is -3.61. The van der Waals surface area contributed by atoms with Crippen molar-refractivity contribution in [3.05, 3.63) is 54.4 Å². The van der Waals surface area contributed by atoms with Gasteiger partial charge < -0.3 is 10.2 Å². The van der Waals surface area contributed by atoms with E-state index in [0.717, 1.165) is 12.7 Å². The molecule has 4 rings (SSSR count). The second kappa shape index (κ2) is 6.75. The van der Waals surface area contributed by atoms with E-state index in [4.69, 9.17) is 0 Å². The number of nitrogens with zero attached hydrogens (tertiary/aromatic N) is 3. The maximum absolute atomic E-state index is 12.8. The molecule has 0 atom stereocenters. The molecular formula is C19H18N4O4S. The van der Waals surface area contributed by atoms with Gasteiger partial charge in [-0.05, 0) is 36.8 Å². The van der Waals surface area contributed by atoms with Crippen LogP contribution in [-0.4, -0.2) is 42.4 Å². The van der Waals surface area contributed by atoms with Crippen LogP contribution in [-0.2, 0) is 14.6 Å². The van der Waals surface area contributed by atoms with Gasteiger partial charge in [-0.3, -0.25) is 14.0 Å². The predicted molar refractivity (Wildman–Crippen MR) is 104 cm³/mol. The van der Waals surface area contributed by atoms with Crippen LogP contribution in [0, 0.1) is 0 Å². The van der Waals surface area contributed by atoms with Crippen molar-refractivity contribution < 1.29 is 18.0 Å². The topological polar surface area (TPSA) is 101 Å². The summed E-state index contributed by atoms with van der Waals surface area (Å²) in [4.78, 5) is 30.5. The molecule has 0 radical (unpaired) electrons. The number of hydrogen-bond donors (Lipinski definition) is 1. The Morgan fingerprint density at radius 1 is 1.18 bits per heavy atom. The number of carbonyl (C=O) groups is 2. The Labute approximate surface area is 161 Å². The molecule has 3 heterocycles. The molecule has 28 heavy (non-hydrogen) atoms. The van der Waals surface area contributed by atoms with E-state index in [1.165, 1.54) is 4.40 Å². The van der Waals surface area contributed by atoms with Gasteiger partial charge in [0.15, 0.2) is 5.69 Å². The van der Waals surface area contributed by atoms with Crippen molar-refractivity contribution >= 4 is 38.5 Å². The highest BCUT2D eigenvalue weighted by molar-refractivity contribution is 7.90. The SMILES string of the molecule is CS(=O)(=O)c1nc(C(=O)Nc2cccc(N3CCCC3=O)c2)c2ccccn12. The lowest BCUT2D eigenvalue weighted by molar-refractivity contribution is -0.117. The van der Waals surface area contributed by atoms with Gasteiger partial charge in [-0.1, -0.05) is 12.1 Å². The van der Waals surface area contributed by atoms with Crippen molar-refractivity contribution in [2.75, 3.05) is 23.0 Å². The number of carbonyl (C=O) groups excluding carboxylic acids is 2. The highest BCUT2D eigenvalue weighted by Gasteiger charge is 2.24. The molecule has 1 saturated heterocycles. The number of aromatic nitrogens is 2. The van der Waals surface area contributed by atoms with Gasteiger partial charge in [-0.2, -0.15) is 0 Å². The van der Waals surface area contributed by atoms with Crippen LogP contribution in [0.2, 0.25) is 0 Å². The Hall–Kier alpha value is -3.20. The van der Waals surface area contributed by atoms with E-state index >= 15 is 0 Å². The summed E-state index contributed by atoms with van der Waals surface area (Å²) in [5, 5.41) is 2.56. The summed E-state index contributed by atoms with van der Waals surface area (Å²) in [6, 6.07) is 12.0. The van der Waals surface area contributed by atoms with E-state index in [0.29, 0.717) is 29.9 Å². The monoisotopic (exact) mass is 398 g/mol. The third kappa shape index (κ3) is 3.24. The van der Waals surface area contributed by atoms with E-state index in [-0.39, 0.29) is 16.8 Å². The standard InChI is InChI=1S/C19H18N4O4S/c1-28(26,27)19-21-17(15-8-2-3-10-23(15)19)18(25)20-13-6-4-7-14(12-13)22-11-5-9-16(22)24/h2-4,6-8,10,12H,5,9,11H2,1H3,(H,20,25). The van der Waals surface area contributed by atoms with Crippen molar-refractivity contribution in [1.29, 1.82) is 0 Å². The highest BCUT2D eigenvalue weighted by Crippen LogP contribution is 2.25. The molecule has 8 nitrogen and oxygen atoms in total. The number of fused-ring (bicyclic) bond motifs is 1. The van der Waals surface area contributed by atoms with E-state index in [1.807, 2.05) is 6.07 Å². The van der Waals surface area contributed by atoms with Crippen LogP contribution < -0.4 is 10.2 Å². The first-order valence-electron chi connectivity index (χ1n) is 8.73. The molecule has 0 bridgehead atoms. The number of sulfone groups is 1. The van der Waals surface area contributed by atoms with Gasteiger partial charge in [-0.25, -0.2) is 13.4 Å². The van der Waals surface area contributed by atoms with Gasteiger partial charge in [0.2, 0.25) is 20.9 Å². The van der Waals surface area contributed by atoms with Crippen LogP contribution in [0.1, 0.15) is 23.3 Å². The molecule has 0 unspecified atom stereocenters. The zero-order chi connectivity index (χ0) is 19.9. The average Bonchev–Trinajstić information content (AvgIpc) is 3.25. The van der Waals surface area contributed by atoms with E-state index in [1.54, 1.807) is 47.5 Å². The fraction of sp³-hybridized carbons (Fsp3) is 0.211. The Balaban J connectivity index is 1.67. The van der Waals surface area contributed by atoms with Crippen LogP contribution in [0.3, 0.4) is 0 Å². The van der Waals surface area contributed by atoms with Crippen LogP contribution in [0.15, 0.2) is 53.8 Å². The average molecular weight is 398 g/mol. The lowest BCUT2D eigenvalue weighted by Crippen LogP contribution is -2.23.